The van der Waals surface area contributed by atoms with E-state index in [1.54, 1.807) is 0 Å². The predicted octanol–water partition coefficient (Wildman–Crippen LogP) is 0.699. The maximum atomic E-state index is 11.0. The maximum absolute atomic E-state index is 11.0. The van der Waals surface area contributed by atoms with Crippen molar-refractivity contribution in [2.75, 3.05) is 0 Å². The molecule has 0 N–H and O–H groups in total. The number of fused-ring (bicyclic) bond motifs is 1. The van der Waals surface area contributed by atoms with Gasteiger partial charge in [-0.05, 0) is 19.1 Å². The summed E-state index contributed by atoms with van der Waals surface area (Å²) < 4.78 is 0. The van der Waals surface area contributed by atoms with E-state index in [9.17, 15) is 4.79 Å². The van der Waals surface area contributed by atoms with Crippen molar-refractivity contribution in [3.8, 4) is 0 Å². The molecule has 0 aromatic carbocycles. The Balaban J connectivity index is 2.40. The van der Waals surface area contributed by atoms with Crippen molar-refractivity contribution in [1.82, 2.24) is 4.90 Å². The van der Waals surface area contributed by atoms with Crippen LogP contribution in [0.1, 0.15) is 6.92 Å². The van der Waals surface area contributed by atoms with Gasteiger partial charge in [0.2, 0.25) is 0 Å². The summed E-state index contributed by atoms with van der Waals surface area (Å²) in [5.41, 5.74) is 0. The predicted molar refractivity (Wildman–Crippen MR) is 42.0 cm³/mol. The van der Waals surface area contributed by atoms with E-state index >= 15 is 0 Å². The van der Waals surface area contributed by atoms with Crippen molar-refractivity contribution >= 4 is 11.7 Å². The van der Waals surface area contributed by atoms with Crippen LogP contribution in [-0.2, 0) is 4.79 Å². The summed E-state index contributed by atoms with van der Waals surface area (Å²) >= 11 is 0. The fraction of sp³-hybridized carbons (Fsp3) is 0.250. The average Bonchev–Trinajstić information content (AvgIpc) is 2.30. The van der Waals surface area contributed by atoms with E-state index in [-0.39, 0.29) is 11.9 Å². The number of amides is 1. The summed E-state index contributed by atoms with van der Waals surface area (Å²) in [6, 6.07) is -0.119. The molecule has 2 aliphatic rings. The first-order chi connectivity index (χ1) is 5.29. The van der Waals surface area contributed by atoms with E-state index in [1.807, 2.05) is 36.3 Å². The molecule has 11 heavy (non-hydrogen) atoms. The minimum atomic E-state index is -0.119. The van der Waals surface area contributed by atoms with Crippen LogP contribution in [0.5, 0.6) is 0 Å². The highest BCUT2D eigenvalue weighted by Gasteiger charge is 2.28. The standard InChI is InChI=1S/C8H8N2O/c1-6-8(11)9-7-4-2-3-5-10(6)7/h2-6H,1H3. The van der Waals surface area contributed by atoms with Crippen LogP contribution in [0.2, 0.25) is 0 Å². The third-order valence-electron chi connectivity index (χ3n) is 1.87. The van der Waals surface area contributed by atoms with Gasteiger partial charge < -0.3 is 4.90 Å². The lowest BCUT2D eigenvalue weighted by atomic mass is 10.3. The molecule has 0 aromatic heterocycles. The minimum absolute atomic E-state index is 0.0591. The molecule has 0 aliphatic carbocycles. The van der Waals surface area contributed by atoms with Crippen LogP contribution in [0, 0.1) is 0 Å². The highest BCUT2D eigenvalue weighted by atomic mass is 16.2. The summed E-state index contributed by atoms with van der Waals surface area (Å²) in [5, 5.41) is 0. The Hall–Kier alpha value is -1.38. The van der Waals surface area contributed by atoms with Gasteiger partial charge in [-0.2, -0.15) is 4.99 Å². The molecule has 3 heteroatoms. The van der Waals surface area contributed by atoms with Gasteiger partial charge in [-0.3, -0.25) is 4.79 Å². The Morgan fingerprint density at radius 2 is 2.36 bits per heavy atom. The molecule has 0 bridgehead atoms. The smallest absolute Gasteiger partial charge is 0.270 e. The highest BCUT2D eigenvalue weighted by molar-refractivity contribution is 6.09. The van der Waals surface area contributed by atoms with Crippen LogP contribution >= 0.6 is 0 Å². The SMILES string of the molecule is CC1C(=O)N=C2C=CC=CN21. The lowest BCUT2D eigenvalue weighted by Gasteiger charge is -2.19. The largest absolute Gasteiger partial charge is 0.321 e. The van der Waals surface area contributed by atoms with E-state index in [0.29, 0.717) is 0 Å². The van der Waals surface area contributed by atoms with Crippen LogP contribution in [0.15, 0.2) is 29.4 Å². The van der Waals surface area contributed by atoms with Crippen molar-refractivity contribution in [3.05, 3.63) is 24.4 Å². The number of aliphatic imine (C=N–C) groups is 1. The average molecular weight is 148 g/mol. The molecule has 0 saturated carbocycles. The summed E-state index contributed by atoms with van der Waals surface area (Å²) in [4.78, 5) is 16.8. The van der Waals surface area contributed by atoms with Gasteiger partial charge in [0.25, 0.3) is 5.91 Å². The first-order valence-corrected chi connectivity index (χ1v) is 3.55. The van der Waals surface area contributed by atoms with E-state index in [4.69, 9.17) is 0 Å². The lowest BCUT2D eigenvalue weighted by molar-refractivity contribution is -0.119. The normalized spacial score (nSPS) is 27.4. The van der Waals surface area contributed by atoms with Gasteiger partial charge in [-0.25, -0.2) is 0 Å². The summed E-state index contributed by atoms with van der Waals surface area (Å²) in [6.07, 6.45) is 7.48. The van der Waals surface area contributed by atoms with Gasteiger partial charge in [0.05, 0.1) is 0 Å². The molecule has 1 amide bonds. The summed E-state index contributed by atoms with van der Waals surface area (Å²) in [6.45, 7) is 1.85. The second kappa shape index (κ2) is 2.05. The Bertz CT molecular complexity index is 288. The Kier molecular flexibility index (Phi) is 1.18. The zero-order valence-electron chi connectivity index (χ0n) is 6.19. The zero-order valence-corrected chi connectivity index (χ0v) is 6.19. The van der Waals surface area contributed by atoms with Gasteiger partial charge in [0.1, 0.15) is 11.9 Å². The van der Waals surface area contributed by atoms with Crippen LogP contribution in [-0.4, -0.2) is 22.7 Å². The first-order valence-electron chi connectivity index (χ1n) is 3.55. The van der Waals surface area contributed by atoms with Gasteiger partial charge in [-0.15, -0.1) is 0 Å². The van der Waals surface area contributed by atoms with Crippen molar-refractivity contribution in [2.45, 2.75) is 13.0 Å². The van der Waals surface area contributed by atoms with E-state index in [1.165, 1.54) is 0 Å². The first kappa shape index (κ1) is 6.34. The van der Waals surface area contributed by atoms with Crippen molar-refractivity contribution in [1.29, 1.82) is 0 Å². The fourth-order valence-corrected chi connectivity index (χ4v) is 1.19. The van der Waals surface area contributed by atoms with E-state index in [2.05, 4.69) is 4.99 Å². The molecule has 2 rings (SSSR count). The minimum Gasteiger partial charge on any atom is -0.321 e. The molecule has 0 radical (unpaired) electrons. The number of allylic oxidation sites excluding steroid dienone is 2. The van der Waals surface area contributed by atoms with Crippen LogP contribution in [0.4, 0.5) is 0 Å². The maximum Gasteiger partial charge on any atom is 0.270 e. The summed E-state index contributed by atoms with van der Waals surface area (Å²) in [5.74, 6) is 0.696. The zero-order chi connectivity index (χ0) is 7.84. The van der Waals surface area contributed by atoms with Crippen LogP contribution in [0.25, 0.3) is 0 Å². The van der Waals surface area contributed by atoms with Gasteiger partial charge in [-0.1, -0.05) is 6.08 Å². The molecule has 0 saturated heterocycles. The van der Waals surface area contributed by atoms with Gasteiger partial charge in [0, 0.05) is 6.20 Å². The van der Waals surface area contributed by atoms with Crippen molar-refractivity contribution < 1.29 is 4.79 Å². The third kappa shape index (κ3) is 0.808. The highest BCUT2D eigenvalue weighted by Crippen LogP contribution is 2.15. The second-order valence-corrected chi connectivity index (χ2v) is 2.59. The number of carbonyl (C=O) groups excluding carboxylic acids is 1. The molecule has 1 atom stereocenters. The third-order valence-corrected chi connectivity index (χ3v) is 1.87. The van der Waals surface area contributed by atoms with E-state index in [0.717, 1.165) is 5.84 Å². The topological polar surface area (TPSA) is 32.7 Å². The molecule has 1 unspecified atom stereocenters. The molecule has 0 spiro atoms. The quantitative estimate of drug-likeness (QED) is 0.506. The number of amidine groups is 1. The van der Waals surface area contributed by atoms with Crippen molar-refractivity contribution in [3.63, 3.8) is 0 Å². The number of hydrogen-bond acceptors (Lipinski definition) is 2. The second-order valence-electron chi connectivity index (χ2n) is 2.59. The van der Waals surface area contributed by atoms with E-state index < -0.39 is 0 Å². The summed E-state index contributed by atoms with van der Waals surface area (Å²) in [7, 11) is 0. The molecule has 0 fully saturated rings. The molecule has 0 aromatic rings. The van der Waals surface area contributed by atoms with Gasteiger partial charge >= 0.3 is 0 Å². The van der Waals surface area contributed by atoms with Crippen LogP contribution in [0.3, 0.4) is 0 Å². The number of rotatable bonds is 0. The Labute approximate surface area is 64.7 Å². The molecular formula is C8H8N2O. The Morgan fingerprint density at radius 3 is 3.09 bits per heavy atom. The number of hydrogen-bond donors (Lipinski definition) is 0. The van der Waals surface area contributed by atoms with Gasteiger partial charge in [0.15, 0.2) is 0 Å². The Morgan fingerprint density at radius 1 is 1.55 bits per heavy atom. The monoisotopic (exact) mass is 148 g/mol. The molecule has 56 valence electrons. The molecule has 3 nitrogen and oxygen atoms in total. The van der Waals surface area contributed by atoms with Crippen molar-refractivity contribution in [2.24, 2.45) is 4.99 Å². The molecule has 2 heterocycles. The number of nitrogens with zero attached hydrogens (tertiary/aromatic N) is 2. The molecule has 2 aliphatic heterocycles. The number of carbonyl (C=O) groups is 1. The fourth-order valence-electron chi connectivity index (χ4n) is 1.19. The van der Waals surface area contributed by atoms with Crippen LogP contribution < -0.4 is 0 Å². The lowest BCUT2D eigenvalue weighted by Crippen LogP contribution is -2.31. The molecular weight excluding hydrogens is 140 g/mol.